The van der Waals surface area contributed by atoms with Crippen molar-refractivity contribution in [1.29, 1.82) is 0 Å². The highest BCUT2D eigenvalue weighted by Crippen LogP contribution is 2.28. The van der Waals surface area contributed by atoms with Crippen LogP contribution in [0.5, 0.6) is 5.75 Å². The SMILES string of the molecule is COC[C@H](O)CN(Cc1cccn1Cc1cccc(OC)c1)C1CC1. The van der Waals surface area contributed by atoms with E-state index in [1.165, 1.54) is 24.1 Å². The van der Waals surface area contributed by atoms with Crippen molar-refractivity contribution in [3.8, 4) is 5.75 Å². The summed E-state index contributed by atoms with van der Waals surface area (Å²) >= 11 is 0. The van der Waals surface area contributed by atoms with E-state index >= 15 is 0 Å². The van der Waals surface area contributed by atoms with Crippen molar-refractivity contribution in [3.63, 3.8) is 0 Å². The predicted molar refractivity (Wildman–Crippen MR) is 97.8 cm³/mol. The molecule has 25 heavy (non-hydrogen) atoms. The molecule has 1 N–H and O–H groups in total. The average molecular weight is 344 g/mol. The van der Waals surface area contributed by atoms with Crippen molar-refractivity contribution in [2.75, 3.05) is 27.4 Å². The molecule has 1 fully saturated rings. The van der Waals surface area contributed by atoms with Gasteiger partial charge in [0.1, 0.15) is 5.75 Å². The van der Waals surface area contributed by atoms with Gasteiger partial charge >= 0.3 is 0 Å². The van der Waals surface area contributed by atoms with E-state index in [0.29, 0.717) is 19.2 Å². The Balaban J connectivity index is 1.67. The van der Waals surface area contributed by atoms with Crippen molar-refractivity contribution in [2.45, 2.75) is 38.1 Å². The molecule has 0 saturated heterocycles. The molecule has 5 heteroatoms. The second-order valence-corrected chi connectivity index (χ2v) is 6.75. The third kappa shape index (κ3) is 5.08. The molecule has 1 aromatic carbocycles. The average Bonchev–Trinajstić information content (AvgIpc) is 3.37. The van der Waals surface area contributed by atoms with E-state index in [4.69, 9.17) is 9.47 Å². The Hall–Kier alpha value is -1.82. The molecule has 1 saturated carbocycles. The molecule has 1 atom stereocenters. The third-order valence-electron chi connectivity index (χ3n) is 4.64. The first-order chi connectivity index (χ1) is 12.2. The third-order valence-corrected chi connectivity index (χ3v) is 4.64. The van der Waals surface area contributed by atoms with Gasteiger partial charge in [0.25, 0.3) is 0 Å². The lowest BCUT2D eigenvalue weighted by Crippen LogP contribution is -2.36. The summed E-state index contributed by atoms with van der Waals surface area (Å²) in [7, 11) is 3.32. The highest BCUT2D eigenvalue weighted by Gasteiger charge is 2.30. The van der Waals surface area contributed by atoms with Gasteiger partial charge in [-0.25, -0.2) is 0 Å². The molecule has 2 aromatic rings. The number of aliphatic hydroxyl groups excluding tert-OH is 1. The fraction of sp³-hybridized carbons (Fsp3) is 0.500. The second-order valence-electron chi connectivity index (χ2n) is 6.75. The summed E-state index contributed by atoms with van der Waals surface area (Å²) < 4.78 is 12.7. The lowest BCUT2D eigenvalue weighted by molar-refractivity contribution is 0.0332. The number of hydrogen-bond acceptors (Lipinski definition) is 4. The number of rotatable bonds is 10. The monoisotopic (exact) mass is 344 g/mol. The van der Waals surface area contributed by atoms with E-state index in [1.807, 2.05) is 12.1 Å². The van der Waals surface area contributed by atoms with Crippen LogP contribution < -0.4 is 4.74 Å². The summed E-state index contributed by atoms with van der Waals surface area (Å²) in [6.45, 7) is 2.71. The Morgan fingerprint density at radius 2 is 2.08 bits per heavy atom. The van der Waals surface area contributed by atoms with E-state index in [0.717, 1.165) is 18.8 Å². The summed E-state index contributed by atoms with van der Waals surface area (Å²) in [6, 6.07) is 13.0. The van der Waals surface area contributed by atoms with Crippen molar-refractivity contribution in [2.24, 2.45) is 0 Å². The van der Waals surface area contributed by atoms with Crippen molar-refractivity contribution in [1.82, 2.24) is 9.47 Å². The van der Waals surface area contributed by atoms with Crippen molar-refractivity contribution in [3.05, 3.63) is 53.9 Å². The smallest absolute Gasteiger partial charge is 0.119 e. The standard InChI is InChI=1S/C20H28N2O3/c1-24-15-19(23)14-22(17-8-9-17)13-18-6-4-10-21(18)12-16-5-3-7-20(11-16)25-2/h3-7,10-11,17,19,23H,8-9,12-15H2,1-2H3/t19-/m1/s1. The van der Waals surface area contributed by atoms with Gasteiger partial charge in [-0.15, -0.1) is 0 Å². The molecule has 1 aromatic heterocycles. The minimum Gasteiger partial charge on any atom is -0.497 e. The summed E-state index contributed by atoms with van der Waals surface area (Å²) in [5.41, 5.74) is 2.48. The number of hydrogen-bond donors (Lipinski definition) is 1. The van der Waals surface area contributed by atoms with Crippen molar-refractivity contribution >= 4 is 0 Å². The normalized spacial score (nSPS) is 15.5. The molecule has 1 aliphatic carbocycles. The molecule has 0 aliphatic heterocycles. The van der Waals surface area contributed by atoms with E-state index in [-0.39, 0.29) is 0 Å². The zero-order valence-corrected chi connectivity index (χ0v) is 15.1. The predicted octanol–water partition coefficient (Wildman–Crippen LogP) is 2.52. The first-order valence-electron chi connectivity index (χ1n) is 8.87. The molecule has 3 rings (SSSR count). The quantitative estimate of drug-likeness (QED) is 0.719. The van der Waals surface area contributed by atoms with Gasteiger partial charge < -0.3 is 19.1 Å². The zero-order chi connectivity index (χ0) is 17.6. The number of nitrogens with zero attached hydrogens (tertiary/aromatic N) is 2. The first kappa shape index (κ1) is 18.0. The second kappa shape index (κ2) is 8.52. The van der Waals surface area contributed by atoms with Gasteiger partial charge in [0, 0.05) is 44.7 Å². The van der Waals surface area contributed by atoms with Crippen LogP contribution in [-0.2, 0) is 17.8 Å². The summed E-state index contributed by atoms with van der Waals surface area (Å²) in [4.78, 5) is 2.38. The number of benzene rings is 1. The van der Waals surface area contributed by atoms with Crippen LogP contribution in [-0.4, -0.2) is 54.1 Å². The molecular formula is C20H28N2O3. The van der Waals surface area contributed by atoms with Crippen LogP contribution in [0.3, 0.4) is 0 Å². The topological polar surface area (TPSA) is 46.9 Å². The maximum atomic E-state index is 10.1. The van der Waals surface area contributed by atoms with Crippen LogP contribution in [0, 0.1) is 0 Å². The van der Waals surface area contributed by atoms with Gasteiger partial charge in [-0.1, -0.05) is 12.1 Å². The van der Waals surface area contributed by atoms with Gasteiger partial charge in [0.2, 0.25) is 0 Å². The molecule has 0 unspecified atom stereocenters. The lowest BCUT2D eigenvalue weighted by Gasteiger charge is -2.25. The van der Waals surface area contributed by atoms with Crippen LogP contribution in [0.4, 0.5) is 0 Å². The van der Waals surface area contributed by atoms with Gasteiger partial charge in [0.05, 0.1) is 19.8 Å². The zero-order valence-electron chi connectivity index (χ0n) is 15.1. The van der Waals surface area contributed by atoms with Gasteiger partial charge in [-0.05, 0) is 42.7 Å². The van der Waals surface area contributed by atoms with Gasteiger partial charge in [-0.3, -0.25) is 4.90 Å². The van der Waals surface area contributed by atoms with Crippen LogP contribution in [0.1, 0.15) is 24.1 Å². The van der Waals surface area contributed by atoms with Crippen LogP contribution in [0.2, 0.25) is 0 Å². The molecular weight excluding hydrogens is 316 g/mol. The summed E-state index contributed by atoms with van der Waals surface area (Å²) in [5.74, 6) is 0.883. The molecule has 136 valence electrons. The minimum atomic E-state index is -0.438. The van der Waals surface area contributed by atoms with E-state index in [9.17, 15) is 5.11 Å². The molecule has 0 radical (unpaired) electrons. The van der Waals surface area contributed by atoms with E-state index in [2.05, 4.69) is 39.9 Å². The molecule has 0 spiro atoms. The molecule has 0 amide bonds. The van der Waals surface area contributed by atoms with Gasteiger partial charge in [0.15, 0.2) is 0 Å². The minimum absolute atomic E-state index is 0.383. The maximum Gasteiger partial charge on any atom is 0.119 e. The maximum absolute atomic E-state index is 10.1. The van der Waals surface area contributed by atoms with Gasteiger partial charge in [-0.2, -0.15) is 0 Å². The number of aliphatic hydroxyl groups is 1. The van der Waals surface area contributed by atoms with E-state index < -0.39 is 6.10 Å². The highest BCUT2D eigenvalue weighted by atomic mass is 16.5. The van der Waals surface area contributed by atoms with Crippen LogP contribution in [0.15, 0.2) is 42.6 Å². The highest BCUT2D eigenvalue weighted by molar-refractivity contribution is 5.29. The number of methoxy groups -OCH3 is 2. The lowest BCUT2D eigenvalue weighted by atomic mass is 10.2. The molecule has 0 bridgehead atoms. The number of aromatic nitrogens is 1. The fourth-order valence-corrected chi connectivity index (χ4v) is 3.22. The van der Waals surface area contributed by atoms with Crippen LogP contribution >= 0.6 is 0 Å². The molecule has 1 aliphatic rings. The summed E-state index contributed by atoms with van der Waals surface area (Å²) in [6.07, 6.45) is 4.12. The molecule has 1 heterocycles. The van der Waals surface area contributed by atoms with Crippen LogP contribution in [0.25, 0.3) is 0 Å². The van der Waals surface area contributed by atoms with E-state index in [1.54, 1.807) is 14.2 Å². The Morgan fingerprint density at radius 1 is 1.24 bits per heavy atom. The van der Waals surface area contributed by atoms with Crippen molar-refractivity contribution < 1.29 is 14.6 Å². The Labute approximate surface area is 149 Å². The largest absolute Gasteiger partial charge is 0.497 e. The summed E-state index contributed by atoms with van der Waals surface area (Å²) in [5, 5.41) is 10.1. The Morgan fingerprint density at radius 3 is 2.80 bits per heavy atom. The molecule has 5 nitrogen and oxygen atoms in total. The number of ether oxygens (including phenoxy) is 2. The Kier molecular flexibility index (Phi) is 6.13. The first-order valence-corrected chi connectivity index (χ1v) is 8.87. The Bertz CT molecular complexity index is 666. The fourth-order valence-electron chi connectivity index (χ4n) is 3.22.